The molecule has 0 saturated heterocycles. The van der Waals surface area contributed by atoms with Gasteiger partial charge in [0.25, 0.3) is 11.7 Å². The van der Waals surface area contributed by atoms with E-state index in [1.165, 1.54) is 17.9 Å². The van der Waals surface area contributed by atoms with Gasteiger partial charge in [0.2, 0.25) is 0 Å². The van der Waals surface area contributed by atoms with Crippen LogP contribution in [0.4, 0.5) is 0 Å². The topological polar surface area (TPSA) is 77.4 Å². The van der Waals surface area contributed by atoms with Crippen LogP contribution in [0.3, 0.4) is 0 Å². The summed E-state index contributed by atoms with van der Waals surface area (Å²) in [7, 11) is 2.79. The van der Waals surface area contributed by atoms with Crippen molar-refractivity contribution in [1.82, 2.24) is 9.88 Å². The SMILES string of the molecule is COC(=O)c1c(Cl)c(C(=O)C(=O)NC23CC(C2)C3)cn1C. The average molecular weight is 311 g/mol. The molecule has 4 rings (SSSR count). The maximum atomic E-state index is 12.2. The first-order chi connectivity index (χ1) is 9.87. The minimum Gasteiger partial charge on any atom is -0.464 e. The van der Waals surface area contributed by atoms with Crippen molar-refractivity contribution >= 4 is 29.3 Å². The number of rotatable bonds is 4. The van der Waals surface area contributed by atoms with Gasteiger partial charge in [-0.2, -0.15) is 0 Å². The normalized spacial score (nSPS) is 25.6. The third-order valence-corrected chi connectivity index (χ3v) is 4.75. The Morgan fingerprint density at radius 1 is 1.38 bits per heavy atom. The second kappa shape index (κ2) is 4.59. The number of nitrogens with one attached hydrogen (secondary N) is 1. The van der Waals surface area contributed by atoms with Crippen molar-refractivity contribution in [1.29, 1.82) is 0 Å². The highest BCUT2D eigenvalue weighted by atomic mass is 35.5. The molecule has 0 aromatic carbocycles. The molecule has 2 bridgehead atoms. The van der Waals surface area contributed by atoms with E-state index < -0.39 is 17.7 Å². The zero-order valence-corrected chi connectivity index (χ0v) is 12.5. The first kappa shape index (κ1) is 14.1. The van der Waals surface area contributed by atoms with E-state index >= 15 is 0 Å². The second-order valence-electron chi connectivity index (χ2n) is 5.85. The number of esters is 1. The number of aryl methyl sites for hydroxylation is 1. The molecule has 1 amide bonds. The minimum absolute atomic E-state index is 0.0173. The van der Waals surface area contributed by atoms with Gasteiger partial charge >= 0.3 is 5.97 Å². The third-order valence-electron chi connectivity index (χ3n) is 4.37. The first-order valence-corrected chi connectivity index (χ1v) is 7.04. The van der Waals surface area contributed by atoms with Crippen LogP contribution in [0.15, 0.2) is 6.20 Å². The minimum atomic E-state index is -0.726. The van der Waals surface area contributed by atoms with Gasteiger partial charge in [0.05, 0.1) is 17.7 Å². The zero-order chi connectivity index (χ0) is 15.4. The lowest BCUT2D eigenvalue weighted by molar-refractivity contribution is -0.128. The van der Waals surface area contributed by atoms with Gasteiger partial charge in [-0.3, -0.25) is 9.59 Å². The highest BCUT2D eigenvalue weighted by Crippen LogP contribution is 2.56. The van der Waals surface area contributed by atoms with Gasteiger partial charge in [-0.1, -0.05) is 11.6 Å². The molecular weight excluding hydrogens is 296 g/mol. The summed E-state index contributed by atoms with van der Waals surface area (Å²) in [5.74, 6) is -1.35. The van der Waals surface area contributed by atoms with Crippen LogP contribution in [0.5, 0.6) is 0 Å². The molecule has 112 valence electrons. The van der Waals surface area contributed by atoms with Crippen molar-refractivity contribution in [3.05, 3.63) is 22.5 Å². The number of hydrogen-bond donors (Lipinski definition) is 1. The number of Topliss-reactive ketones (excluding diaryl/α,β-unsaturated/α-hetero) is 1. The Kier molecular flexibility index (Phi) is 3.09. The summed E-state index contributed by atoms with van der Waals surface area (Å²) in [6.07, 6.45) is 4.21. The van der Waals surface area contributed by atoms with E-state index in [0.29, 0.717) is 5.92 Å². The van der Waals surface area contributed by atoms with Crippen LogP contribution >= 0.6 is 11.6 Å². The summed E-state index contributed by atoms with van der Waals surface area (Å²) in [5, 5.41) is 2.73. The molecule has 0 aliphatic heterocycles. The van der Waals surface area contributed by atoms with Gasteiger partial charge in [0, 0.05) is 18.8 Å². The van der Waals surface area contributed by atoms with Gasteiger partial charge in [0.15, 0.2) is 0 Å². The molecule has 3 fully saturated rings. The molecule has 1 heterocycles. The highest BCUT2D eigenvalue weighted by Gasteiger charge is 2.57. The summed E-state index contributed by atoms with van der Waals surface area (Å²) in [4.78, 5) is 35.9. The highest BCUT2D eigenvalue weighted by molar-refractivity contribution is 6.48. The molecule has 0 radical (unpaired) electrons. The molecule has 3 aliphatic carbocycles. The maximum absolute atomic E-state index is 12.2. The van der Waals surface area contributed by atoms with E-state index in [2.05, 4.69) is 10.1 Å². The summed E-state index contributed by atoms with van der Waals surface area (Å²) < 4.78 is 5.99. The molecule has 0 unspecified atom stereocenters. The van der Waals surface area contributed by atoms with Crippen molar-refractivity contribution in [3.63, 3.8) is 0 Å². The molecule has 1 N–H and O–H groups in total. The van der Waals surface area contributed by atoms with Crippen LogP contribution in [0.2, 0.25) is 5.02 Å². The Balaban J connectivity index is 1.81. The Bertz CT molecular complexity index is 647. The van der Waals surface area contributed by atoms with Crippen molar-refractivity contribution in [2.24, 2.45) is 13.0 Å². The monoisotopic (exact) mass is 310 g/mol. The fourth-order valence-electron chi connectivity index (χ4n) is 3.14. The van der Waals surface area contributed by atoms with Crippen LogP contribution in [-0.2, 0) is 16.6 Å². The van der Waals surface area contributed by atoms with Crippen molar-refractivity contribution in [3.8, 4) is 0 Å². The molecule has 0 spiro atoms. The molecule has 6 nitrogen and oxygen atoms in total. The number of halogens is 1. The lowest BCUT2D eigenvalue weighted by Gasteiger charge is -2.61. The van der Waals surface area contributed by atoms with E-state index in [1.54, 1.807) is 7.05 Å². The Morgan fingerprint density at radius 2 is 2.00 bits per heavy atom. The zero-order valence-electron chi connectivity index (χ0n) is 11.7. The second-order valence-corrected chi connectivity index (χ2v) is 6.23. The summed E-state index contributed by atoms with van der Waals surface area (Å²) in [6, 6.07) is 0. The molecule has 1 aromatic heterocycles. The average Bonchev–Trinajstić information content (AvgIpc) is 2.65. The van der Waals surface area contributed by atoms with Gasteiger partial charge in [0.1, 0.15) is 5.69 Å². The molecule has 1 aromatic rings. The number of ketones is 1. The van der Waals surface area contributed by atoms with E-state index in [1.807, 2.05) is 0 Å². The number of hydrogen-bond acceptors (Lipinski definition) is 4. The summed E-state index contributed by atoms with van der Waals surface area (Å²) in [5.41, 5.74) is -0.103. The van der Waals surface area contributed by atoms with Crippen molar-refractivity contribution < 1.29 is 19.1 Å². The van der Waals surface area contributed by atoms with Gasteiger partial charge in [-0.15, -0.1) is 0 Å². The van der Waals surface area contributed by atoms with E-state index in [0.717, 1.165) is 19.3 Å². The van der Waals surface area contributed by atoms with Gasteiger partial charge in [-0.25, -0.2) is 4.79 Å². The van der Waals surface area contributed by atoms with Crippen LogP contribution in [0.1, 0.15) is 40.1 Å². The maximum Gasteiger partial charge on any atom is 0.356 e. The van der Waals surface area contributed by atoms with Crippen LogP contribution in [0, 0.1) is 5.92 Å². The number of amides is 1. The predicted octanol–water partition coefficient (Wildman–Crippen LogP) is 1.32. The first-order valence-electron chi connectivity index (χ1n) is 6.67. The molecule has 3 aliphatic rings. The molecular formula is C14H15ClN2O4. The fraction of sp³-hybridized carbons (Fsp3) is 0.500. The van der Waals surface area contributed by atoms with Crippen LogP contribution < -0.4 is 5.32 Å². The summed E-state index contributed by atoms with van der Waals surface area (Å²) in [6.45, 7) is 0. The Morgan fingerprint density at radius 3 is 2.48 bits per heavy atom. The van der Waals surface area contributed by atoms with E-state index in [-0.39, 0.29) is 21.8 Å². The number of carbonyl (C=O) groups excluding carboxylic acids is 3. The third kappa shape index (κ3) is 2.05. The largest absolute Gasteiger partial charge is 0.464 e. The Hall–Kier alpha value is -1.82. The molecule has 7 heteroatoms. The number of methoxy groups -OCH3 is 1. The predicted molar refractivity (Wildman–Crippen MR) is 74.3 cm³/mol. The lowest BCUT2D eigenvalue weighted by atomic mass is 9.50. The quantitative estimate of drug-likeness (QED) is 0.517. The van der Waals surface area contributed by atoms with Crippen LogP contribution in [-0.4, -0.2) is 34.9 Å². The van der Waals surface area contributed by atoms with E-state index in [9.17, 15) is 14.4 Å². The van der Waals surface area contributed by atoms with E-state index in [4.69, 9.17) is 11.6 Å². The standard InChI is InChI=1S/C14H15ClN2O4/c1-17-6-8(9(15)10(17)13(20)21-2)11(18)12(19)16-14-3-7(4-14)5-14/h6-7H,3-5H2,1-2H3,(H,16,19). The smallest absolute Gasteiger partial charge is 0.356 e. The van der Waals surface area contributed by atoms with Crippen LogP contribution in [0.25, 0.3) is 0 Å². The fourth-order valence-corrected chi connectivity index (χ4v) is 3.48. The number of aromatic nitrogens is 1. The number of ether oxygens (including phenoxy) is 1. The van der Waals surface area contributed by atoms with Gasteiger partial charge in [-0.05, 0) is 25.2 Å². The molecule has 21 heavy (non-hydrogen) atoms. The van der Waals surface area contributed by atoms with Crippen molar-refractivity contribution in [2.75, 3.05) is 7.11 Å². The lowest BCUT2D eigenvalue weighted by Crippen LogP contribution is -2.68. The summed E-state index contributed by atoms with van der Waals surface area (Å²) >= 11 is 6.05. The molecule has 3 saturated carbocycles. The number of carbonyl (C=O) groups is 3. The number of nitrogens with zero attached hydrogens (tertiary/aromatic N) is 1. The molecule has 0 atom stereocenters. The Labute approximate surface area is 126 Å². The van der Waals surface area contributed by atoms with Gasteiger partial charge < -0.3 is 14.6 Å². The van der Waals surface area contributed by atoms with Crippen molar-refractivity contribution in [2.45, 2.75) is 24.8 Å².